The van der Waals surface area contributed by atoms with E-state index in [4.69, 9.17) is 22.1 Å². The van der Waals surface area contributed by atoms with Gasteiger partial charge in [0.15, 0.2) is 0 Å². The zero-order chi connectivity index (χ0) is 17.5. The summed E-state index contributed by atoms with van der Waals surface area (Å²) >= 11 is 5.89. The van der Waals surface area contributed by atoms with Crippen molar-refractivity contribution < 1.29 is 23.0 Å². The van der Waals surface area contributed by atoms with E-state index in [1.54, 1.807) is 4.90 Å². The number of rotatable bonds is 7. The minimum Gasteiger partial charge on any atom is -0.434 e. The van der Waals surface area contributed by atoms with Gasteiger partial charge in [-0.05, 0) is 44.0 Å². The SMILES string of the molecule is NCCCOC1CCN(C(=O)c2cc(Cl)ccc2OC(F)F)CC1. The van der Waals surface area contributed by atoms with Gasteiger partial charge in [-0.15, -0.1) is 0 Å². The number of piperidine rings is 1. The highest BCUT2D eigenvalue weighted by Gasteiger charge is 2.26. The van der Waals surface area contributed by atoms with Crippen molar-refractivity contribution in [1.29, 1.82) is 0 Å². The van der Waals surface area contributed by atoms with Gasteiger partial charge in [0, 0.05) is 24.7 Å². The third-order valence-electron chi connectivity index (χ3n) is 3.82. The molecule has 1 amide bonds. The standard InChI is InChI=1S/C16H21ClF2N2O3/c17-11-2-3-14(24-16(18)19)13(10-11)15(22)21-7-4-12(5-8-21)23-9-1-6-20/h2-3,10,12,16H,1,4-9,20H2. The van der Waals surface area contributed by atoms with Gasteiger partial charge in [-0.25, -0.2) is 0 Å². The summed E-state index contributed by atoms with van der Waals surface area (Å²) in [5, 5.41) is 0.292. The molecule has 1 saturated heterocycles. The Bertz CT molecular complexity index is 552. The smallest absolute Gasteiger partial charge is 0.387 e. The maximum Gasteiger partial charge on any atom is 0.387 e. The summed E-state index contributed by atoms with van der Waals surface area (Å²) in [5.41, 5.74) is 5.47. The number of amides is 1. The Labute approximate surface area is 144 Å². The molecule has 0 unspecified atom stereocenters. The maximum absolute atomic E-state index is 12.6. The first-order chi connectivity index (χ1) is 11.5. The van der Waals surface area contributed by atoms with E-state index in [1.807, 2.05) is 0 Å². The molecule has 134 valence electrons. The molecule has 1 aliphatic rings. The summed E-state index contributed by atoms with van der Waals surface area (Å²) < 4.78 is 35.1. The van der Waals surface area contributed by atoms with Crippen LogP contribution in [0.25, 0.3) is 0 Å². The predicted molar refractivity (Wildman–Crippen MR) is 86.6 cm³/mol. The predicted octanol–water partition coefficient (Wildman–Crippen LogP) is 2.91. The van der Waals surface area contributed by atoms with Crippen LogP contribution in [0.3, 0.4) is 0 Å². The van der Waals surface area contributed by atoms with Crippen LogP contribution in [0.5, 0.6) is 5.75 Å². The fourth-order valence-corrected chi connectivity index (χ4v) is 2.77. The second-order valence-corrected chi connectivity index (χ2v) is 5.96. The van der Waals surface area contributed by atoms with E-state index in [0.717, 1.165) is 6.42 Å². The maximum atomic E-state index is 12.6. The van der Waals surface area contributed by atoms with E-state index in [2.05, 4.69) is 4.74 Å². The van der Waals surface area contributed by atoms with Crippen LogP contribution in [-0.2, 0) is 4.74 Å². The minimum absolute atomic E-state index is 0.0466. The molecule has 8 heteroatoms. The fourth-order valence-electron chi connectivity index (χ4n) is 2.60. The van der Waals surface area contributed by atoms with Gasteiger partial charge >= 0.3 is 6.61 Å². The first kappa shape index (κ1) is 18.9. The van der Waals surface area contributed by atoms with Crippen molar-refractivity contribution in [2.75, 3.05) is 26.2 Å². The topological polar surface area (TPSA) is 64.8 Å². The van der Waals surface area contributed by atoms with Crippen molar-refractivity contribution in [2.24, 2.45) is 5.73 Å². The van der Waals surface area contributed by atoms with Gasteiger partial charge in [0.2, 0.25) is 0 Å². The quantitative estimate of drug-likeness (QED) is 0.757. The largest absolute Gasteiger partial charge is 0.434 e. The number of hydrogen-bond donors (Lipinski definition) is 1. The molecule has 0 bridgehead atoms. The molecule has 1 aromatic carbocycles. The van der Waals surface area contributed by atoms with Gasteiger partial charge in [-0.1, -0.05) is 11.6 Å². The lowest BCUT2D eigenvalue weighted by Crippen LogP contribution is -2.41. The molecule has 2 N–H and O–H groups in total. The molecule has 0 radical (unpaired) electrons. The molecule has 1 heterocycles. The van der Waals surface area contributed by atoms with Crippen LogP contribution in [0.1, 0.15) is 29.6 Å². The number of alkyl halides is 2. The van der Waals surface area contributed by atoms with Crippen LogP contribution < -0.4 is 10.5 Å². The van der Waals surface area contributed by atoms with Crippen LogP contribution in [0, 0.1) is 0 Å². The third-order valence-corrected chi connectivity index (χ3v) is 4.05. The number of nitrogens with two attached hydrogens (primary N) is 1. The summed E-state index contributed by atoms with van der Waals surface area (Å²) in [6, 6.07) is 4.05. The second-order valence-electron chi connectivity index (χ2n) is 5.52. The molecule has 2 rings (SSSR count). The van der Waals surface area contributed by atoms with E-state index in [1.165, 1.54) is 18.2 Å². The van der Waals surface area contributed by atoms with E-state index in [0.29, 0.717) is 44.1 Å². The molecule has 0 aliphatic carbocycles. The van der Waals surface area contributed by atoms with Crippen molar-refractivity contribution in [3.63, 3.8) is 0 Å². The highest BCUT2D eigenvalue weighted by Crippen LogP contribution is 2.27. The van der Waals surface area contributed by atoms with E-state index >= 15 is 0 Å². The summed E-state index contributed by atoms with van der Waals surface area (Å²) in [4.78, 5) is 14.2. The Morgan fingerprint density at radius 3 is 2.71 bits per heavy atom. The molecule has 0 saturated carbocycles. The lowest BCUT2D eigenvalue weighted by atomic mass is 10.1. The molecule has 1 fully saturated rings. The van der Waals surface area contributed by atoms with Gasteiger partial charge in [0.05, 0.1) is 11.7 Å². The molecule has 24 heavy (non-hydrogen) atoms. The molecule has 0 aromatic heterocycles. The second kappa shape index (κ2) is 9.15. The number of benzene rings is 1. The summed E-state index contributed by atoms with van der Waals surface area (Å²) in [5.74, 6) is -0.533. The molecule has 1 aromatic rings. The Morgan fingerprint density at radius 2 is 2.08 bits per heavy atom. The number of likely N-dealkylation sites (tertiary alicyclic amines) is 1. The monoisotopic (exact) mass is 362 g/mol. The van der Waals surface area contributed by atoms with Gasteiger partial charge in [0.25, 0.3) is 5.91 Å². The molecule has 0 atom stereocenters. The number of hydrogen-bond acceptors (Lipinski definition) is 4. The van der Waals surface area contributed by atoms with Crippen molar-refractivity contribution in [2.45, 2.75) is 32.0 Å². The highest BCUT2D eigenvalue weighted by atomic mass is 35.5. The van der Waals surface area contributed by atoms with Crippen LogP contribution in [0.2, 0.25) is 5.02 Å². The summed E-state index contributed by atoms with van der Waals surface area (Å²) in [6.07, 6.45) is 2.29. The Balaban J connectivity index is 1.98. The first-order valence-corrected chi connectivity index (χ1v) is 8.24. The molecule has 1 aliphatic heterocycles. The third kappa shape index (κ3) is 5.29. The van der Waals surface area contributed by atoms with Gasteiger partial charge < -0.3 is 20.1 Å². The first-order valence-electron chi connectivity index (χ1n) is 7.86. The fraction of sp³-hybridized carbons (Fsp3) is 0.562. The Kier molecular flexibility index (Phi) is 7.20. The lowest BCUT2D eigenvalue weighted by Gasteiger charge is -2.32. The Hall–Kier alpha value is -1.44. The van der Waals surface area contributed by atoms with Crippen molar-refractivity contribution in [3.8, 4) is 5.75 Å². The average molecular weight is 363 g/mol. The number of ether oxygens (including phenoxy) is 2. The van der Waals surface area contributed by atoms with Crippen LogP contribution >= 0.6 is 11.6 Å². The van der Waals surface area contributed by atoms with E-state index in [-0.39, 0.29) is 23.3 Å². The number of carbonyl (C=O) groups excluding carboxylic acids is 1. The average Bonchev–Trinajstić information content (AvgIpc) is 2.56. The van der Waals surface area contributed by atoms with E-state index in [9.17, 15) is 13.6 Å². The molecule has 5 nitrogen and oxygen atoms in total. The number of halogens is 3. The normalized spacial score (nSPS) is 15.8. The lowest BCUT2D eigenvalue weighted by molar-refractivity contribution is -0.0503. The summed E-state index contributed by atoms with van der Waals surface area (Å²) in [6.45, 7) is -0.826. The summed E-state index contributed by atoms with van der Waals surface area (Å²) in [7, 11) is 0. The molecule has 0 spiro atoms. The zero-order valence-corrected chi connectivity index (χ0v) is 14.0. The molecular weight excluding hydrogens is 342 g/mol. The Morgan fingerprint density at radius 1 is 1.38 bits per heavy atom. The van der Waals surface area contributed by atoms with Crippen molar-refractivity contribution in [1.82, 2.24) is 4.90 Å². The molecular formula is C16H21ClF2N2O3. The van der Waals surface area contributed by atoms with Crippen molar-refractivity contribution >= 4 is 17.5 Å². The van der Waals surface area contributed by atoms with E-state index < -0.39 is 6.61 Å². The van der Waals surface area contributed by atoms with Crippen LogP contribution in [0.4, 0.5) is 8.78 Å². The number of carbonyl (C=O) groups is 1. The highest BCUT2D eigenvalue weighted by molar-refractivity contribution is 6.31. The van der Waals surface area contributed by atoms with Crippen LogP contribution in [0.15, 0.2) is 18.2 Å². The van der Waals surface area contributed by atoms with Crippen molar-refractivity contribution in [3.05, 3.63) is 28.8 Å². The minimum atomic E-state index is -3.00. The number of nitrogens with zero attached hydrogens (tertiary/aromatic N) is 1. The van der Waals surface area contributed by atoms with Gasteiger partial charge in [-0.3, -0.25) is 4.79 Å². The zero-order valence-electron chi connectivity index (χ0n) is 13.2. The van der Waals surface area contributed by atoms with Gasteiger partial charge in [-0.2, -0.15) is 8.78 Å². The van der Waals surface area contributed by atoms with Gasteiger partial charge in [0.1, 0.15) is 5.75 Å². The van der Waals surface area contributed by atoms with Crippen LogP contribution in [-0.4, -0.2) is 49.8 Å².